The Labute approximate surface area is 116 Å². The van der Waals surface area contributed by atoms with Gasteiger partial charge in [-0.1, -0.05) is 19.3 Å². The molecule has 0 bridgehead atoms. The first-order chi connectivity index (χ1) is 8.96. The van der Waals surface area contributed by atoms with Gasteiger partial charge in [0.1, 0.15) is 5.60 Å². The molecule has 1 aliphatic heterocycles. The van der Waals surface area contributed by atoms with Crippen molar-refractivity contribution in [3.8, 4) is 0 Å². The Bertz CT molecular complexity index is 306. The van der Waals surface area contributed by atoms with Crippen molar-refractivity contribution in [3.05, 3.63) is 0 Å². The van der Waals surface area contributed by atoms with E-state index in [-0.39, 0.29) is 12.1 Å². The highest BCUT2D eigenvalue weighted by molar-refractivity contribution is 5.68. The van der Waals surface area contributed by atoms with Crippen molar-refractivity contribution in [2.24, 2.45) is 5.92 Å². The Kier molecular flexibility index (Phi) is 4.71. The van der Waals surface area contributed by atoms with Crippen molar-refractivity contribution < 1.29 is 9.53 Å². The van der Waals surface area contributed by atoms with E-state index in [0.717, 1.165) is 18.9 Å². The van der Waals surface area contributed by atoms with Gasteiger partial charge in [0.05, 0.1) is 0 Å². The van der Waals surface area contributed by atoms with Gasteiger partial charge >= 0.3 is 6.09 Å². The van der Waals surface area contributed by atoms with E-state index in [4.69, 9.17) is 4.74 Å². The molecule has 0 aromatic rings. The van der Waals surface area contributed by atoms with Crippen molar-refractivity contribution in [2.45, 2.75) is 77.0 Å². The fourth-order valence-corrected chi connectivity index (χ4v) is 3.34. The summed E-state index contributed by atoms with van der Waals surface area (Å²) in [4.78, 5) is 11.9. The summed E-state index contributed by atoms with van der Waals surface area (Å²) in [5, 5.41) is 6.63. The lowest BCUT2D eigenvalue weighted by Crippen LogP contribution is -2.49. The Morgan fingerprint density at radius 3 is 2.47 bits per heavy atom. The number of rotatable bonds is 2. The molecule has 1 amide bonds. The number of alkyl carbamates (subject to hydrolysis) is 1. The number of hydrogen-bond acceptors (Lipinski definition) is 3. The van der Waals surface area contributed by atoms with Crippen LogP contribution in [0.2, 0.25) is 0 Å². The van der Waals surface area contributed by atoms with Crippen LogP contribution < -0.4 is 10.6 Å². The van der Waals surface area contributed by atoms with Gasteiger partial charge in [-0.25, -0.2) is 4.79 Å². The Morgan fingerprint density at radius 2 is 1.84 bits per heavy atom. The fraction of sp³-hybridized carbons (Fsp3) is 0.933. The van der Waals surface area contributed by atoms with Crippen LogP contribution in [-0.2, 0) is 4.74 Å². The zero-order valence-corrected chi connectivity index (χ0v) is 12.5. The van der Waals surface area contributed by atoms with Crippen molar-refractivity contribution in [3.63, 3.8) is 0 Å². The zero-order chi connectivity index (χ0) is 13.9. The Morgan fingerprint density at radius 1 is 1.16 bits per heavy atom. The monoisotopic (exact) mass is 268 g/mol. The highest BCUT2D eigenvalue weighted by Gasteiger charge is 2.35. The molecule has 1 aliphatic carbocycles. The van der Waals surface area contributed by atoms with Crippen LogP contribution in [0.15, 0.2) is 0 Å². The number of amides is 1. The van der Waals surface area contributed by atoms with Crippen LogP contribution >= 0.6 is 0 Å². The summed E-state index contributed by atoms with van der Waals surface area (Å²) in [5.41, 5.74) is -0.420. The van der Waals surface area contributed by atoms with E-state index < -0.39 is 5.60 Å². The fourth-order valence-electron chi connectivity index (χ4n) is 3.34. The molecule has 4 heteroatoms. The quantitative estimate of drug-likeness (QED) is 0.809. The summed E-state index contributed by atoms with van der Waals surface area (Å²) in [6.07, 6.45) is 7.37. The first-order valence-corrected chi connectivity index (χ1v) is 7.68. The van der Waals surface area contributed by atoms with Gasteiger partial charge in [-0.05, 0) is 52.5 Å². The summed E-state index contributed by atoms with van der Waals surface area (Å²) in [7, 11) is 0. The number of ether oxygens (including phenoxy) is 1. The summed E-state index contributed by atoms with van der Waals surface area (Å²) in [5.74, 6) is 0.719. The van der Waals surface area contributed by atoms with Crippen LogP contribution in [0, 0.1) is 5.92 Å². The molecule has 2 aliphatic rings. The summed E-state index contributed by atoms with van der Waals surface area (Å²) in [6, 6.07) is 0.672. The molecule has 0 aromatic carbocycles. The van der Waals surface area contributed by atoms with E-state index in [9.17, 15) is 4.79 Å². The lowest BCUT2D eigenvalue weighted by Gasteiger charge is -2.32. The van der Waals surface area contributed by atoms with Crippen LogP contribution in [0.1, 0.15) is 59.3 Å². The standard InChI is InChI=1S/C15H28N2O2/c1-15(2,3)19-14(18)17-12-9-10-16-13(12)11-7-5-4-6-8-11/h11-13,16H,4-10H2,1-3H3,(H,17,18)/t12-,13+/m1/s1. The molecule has 4 nitrogen and oxygen atoms in total. The van der Waals surface area contributed by atoms with Gasteiger partial charge < -0.3 is 15.4 Å². The highest BCUT2D eigenvalue weighted by atomic mass is 16.6. The van der Waals surface area contributed by atoms with E-state index in [1.807, 2.05) is 20.8 Å². The second kappa shape index (κ2) is 6.12. The predicted octanol–water partition coefficient (Wildman–Crippen LogP) is 2.82. The van der Waals surface area contributed by atoms with E-state index in [2.05, 4.69) is 10.6 Å². The molecule has 1 saturated heterocycles. The summed E-state index contributed by atoms with van der Waals surface area (Å²) >= 11 is 0. The average Bonchev–Trinajstić information content (AvgIpc) is 2.75. The molecule has 2 rings (SSSR count). The van der Waals surface area contributed by atoms with Crippen LogP contribution in [0.5, 0.6) is 0 Å². The predicted molar refractivity (Wildman–Crippen MR) is 76.1 cm³/mol. The molecular weight excluding hydrogens is 240 g/mol. The molecule has 19 heavy (non-hydrogen) atoms. The number of nitrogens with one attached hydrogen (secondary N) is 2. The van der Waals surface area contributed by atoms with Crippen LogP contribution in [0.25, 0.3) is 0 Å². The van der Waals surface area contributed by atoms with Crippen molar-refractivity contribution >= 4 is 6.09 Å². The van der Waals surface area contributed by atoms with Gasteiger partial charge in [-0.15, -0.1) is 0 Å². The third-order valence-electron chi connectivity index (χ3n) is 4.13. The number of hydrogen-bond donors (Lipinski definition) is 2. The minimum Gasteiger partial charge on any atom is -0.444 e. The second-order valence-electron chi connectivity index (χ2n) is 6.92. The van der Waals surface area contributed by atoms with Gasteiger partial charge in [-0.3, -0.25) is 0 Å². The third-order valence-corrected chi connectivity index (χ3v) is 4.13. The normalized spacial score (nSPS) is 29.2. The smallest absolute Gasteiger partial charge is 0.407 e. The molecule has 0 radical (unpaired) electrons. The Hall–Kier alpha value is -0.770. The Balaban J connectivity index is 1.86. The summed E-state index contributed by atoms with van der Waals surface area (Å²) < 4.78 is 5.36. The molecule has 2 fully saturated rings. The van der Waals surface area contributed by atoms with Crippen LogP contribution in [0.3, 0.4) is 0 Å². The lowest BCUT2D eigenvalue weighted by atomic mass is 9.82. The van der Waals surface area contributed by atoms with Gasteiger partial charge in [0.2, 0.25) is 0 Å². The van der Waals surface area contributed by atoms with Gasteiger partial charge in [0.25, 0.3) is 0 Å². The van der Waals surface area contributed by atoms with Gasteiger partial charge in [0.15, 0.2) is 0 Å². The van der Waals surface area contributed by atoms with E-state index in [1.165, 1.54) is 32.1 Å². The largest absolute Gasteiger partial charge is 0.444 e. The van der Waals surface area contributed by atoms with Gasteiger partial charge in [0, 0.05) is 12.1 Å². The van der Waals surface area contributed by atoms with Crippen molar-refractivity contribution in [1.29, 1.82) is 0 Å². The number of carbonyl (C=O) groups is 1. The summed E-state index contributed by atoms with van der Waals surface area (Å²) in [6.45, 7) is 6.70. The molecule has 0 spiro atoms. The first kappa shape index (κ1) is 14.6. The van der Waals surface area contributed by atoms with E-state index in [0.29, 0.717) is 6.04 Å². The van der Waals surface area contributed by atoms with Crippen LogP contribution in [0.4, 0.5) is 4.79 Å². The average molecular weight is 268 g/mol. The zero-order valence-electron chi connectivity index (χ0n) is 12.5. The minimum absolute atomic E-state index is 0.234. The molecule has 1 heterocycles. The van der Waals surface area contributed by atoms with Gasteiger partial charge in [-0.2, -0.15) is 0 Å². The first-order valence-electron chi connectivity index (χ1n) is 7.68. The maximum Gasteiger partial charge on any atom is 0.407 e. The van der Waals surface area contributed by atoms with E-state index >= 15 is 0 Å². The topological polar surface area (TPSA) is 50.4 Å². The van der Waals surface area contributed by atoms with Crippen LogP contribution in [-0.4, -0.2) is 30.3 Å². The minimum atomic E-state index is -0.420. The second-order valence-corrected chi connectivity index (χ2v) is 6.92. The maximum absolute atomic E-state index is 11.9. The number of carbonyl (C=O) groups excluding carboxylic acids is 1. The molecule has 1 saturated carbocycles. The molecule has 0 unspecified atom stereocenters. The third kappa shape index (κ3) is 4.37. The molecule has 2 N–H and O–H groups in total. The van der Waals surface area contributed by atoms with Crippen molar-refractivity contribution in [1.82, 2.24) is 10.6 Å². The van der Waals surface area contributed by atoms with E-state index in [1.54, 1.807) is 0 Å². The molecular formula is C15H28N2O2. The maximum atomic E-state index is 11.9. The SMILES string of the molecule is CC(C)(C)OC(=O)N[C@@H]1CCN[C@H]1C1CCCCC1. The lowest BCUT2D eigenvalue weighted by molar-refractivity contribution is 0.0491. The molecule has 110 valence electrons. The molecule has 0 aromatic heterocycles. The van der Waals surface area contributed by atoms with Crippen molar-refractivity contribution in [2.75, 3.05) is 6.54 Å². The molecule has 2 atom stereocenters. The highest BCUT2D eigenvalue weighted by Crippen LogP contribution is 2.30.